The Hall–Kier alpha value is -1.10. The van der Waals surface area contributed by atoms with Gasteiger partial charge in [-0.15, -0.1) is 0 Å². The lowest BCUT2D eigenvalue weighted by atomic mass is 10.1. The van der Waals surface area contributed by atoms with Gasteiger partial charge in [0.1, 0.15) is 0 Å². The van der Waals surface area contributed by atoms with Crippen molar-refractivity contribution in [2.24, 2.45) is 5.73 Å². The number of methoxy groups -OCH3 is 1. The maximum absolute atomic E-state index is 9.72. The fourth-order valence-corrected chi connectivity index (χ4v) is 1.86. The predicted molar refractivity (Wildman–Crippen MR) is 70.2 cm³/mol. The molecular formula is C13H22N2O2. The molecule has 0 heterocycles. The van der Waals surface area contributed by atoms with Gasteiger partial charge in [-0.3, -0.25) is 0 Å². The molecule has 0 aliphatic carbocycles. The molecule has 1 rings (SSSR count). The molecule has 0 fully saturated rings. The van der Waals surface area contributed by atoms with Crippen LogP contribution < -0.4 is 10.6 Å². The van der Waals surface area contributed by atoms with Crippen molar-refractivity contribution in [3.8, 4) is 0 Å². The summed E-state index contributed by atoms with van der Waals surface area (Å²) < 4.78 is 4.92. The number of rotatable bonds is 6. The Bertz CT molecular complexity index is 355. The van der Waals surface area contributed by atoms with Gasteiger partial charge < -0.3 is 20.5 Å². The highest BCUT2D eigenvalue weighted by Gasteiger charge is 2.11. The molecule has 96 valence electrons. The standard InChI is InChI=1S/C13H22N2O2/c1-10-4-5-11(7-14)13(6-10)15(2)8-12(16)9-17-3/h4-6,12,16H,7-9,14H2,1-3H3. The normalized spacial score (nSPS) is 12.5. The molecule has 0 spiro atoms. The molecule has 1 aromatic carbocycles. The third-order valence-corrected chi connectivity index (χ3v) is 2.72. The van der Waals surface area contributed by atoms with Gasteiger partial charge in [0, 0.05) is 32.9 Å². The van der Waals surface area contributed by atoms with Crippen LogP contribution in [0, 0.1) is 6.92 Å². The minimum atomic E-state index is -0.490. The third-order valence-electron chi connectivity index (χ3n) is 2.72. The Morgan fingerprint density at radius 2 is 2.18 bits per heavy atom. The molecule has 3 N–H and O–H groups in total. The first-order valence-corrected chi connectivity index (χ1v) is 5.76. The molecule has 0 aliphatic heterocycles. The van der Waals surface area contributed by atoms with Gasteiger partial charge >= 0.3 is 0 Å². The van der Waals surface area contributed by atoms with E-state index in [0.29, 0.717) is 19.7 Å². The summed E-state index contributed by atoms with van der Waals surface area (Å²) >= 11 is 0. The summed E-state index contributed by atoms with van der Waals surface area (Å²) in [5.41, 5.74) is 9.06. The molecule has 1 aromatic rings. The van der Waals surface area contributed by atoms with Crippen molar-refractivity contribution in [3.63, 3.8) is 0 Å². The SMILES string of the molecule is COCC(O)CN(C)c1cc(C)ccc1CN. The number of benzene rings is 1. The third kappa shape index (κ3) is 4.00. The van der Waals surface area contributed by atoms with Gasteiger partial charge in [0.25, 0.3) is 0 Å². The van der Waals surface area contributed by atoms with Gasteiger partial charge in [-0.1, -0.05) is 12.1 Å². The lowest BCUT2D eigenvalue weighted by molar-refractivity contribution is 0.0695. The first kappa shape index (κ1) is 14.0. The number of likely N-dealkylation sites (N-methyl/N-ethyl adjacent to an activating group) is 1. The number of aryl methyl sites for hydroxylation is 1. The average Bonchev–Trinajstić information content (AvgIpc) is 2.29. The maximum atomic E-state index is 9.72. The monoisotopic (exact) mass is 238 g/mol. The van der Waals surface area contributed by atoms with Crippen molar-refractivity contribution < 1.29 is 9.84 Å². The zero-order valence-electron chi connectivity index (χ0n) is 10.8. The second kappa shape index (κ2) is 6.59. The highest BCUT2D eigenvalue weighted by molar-refractivity contribution is 5.55. The van der Waals surface area contributed by atoms with Gasteiger partial charge in [-0.05, 0) is 24.1 Å². The van der Waals surface area contributed by atoms with Gasteiger partial charge in [0.05, 0.1) is 12.7 Å². The molecular weight excluding hydrogens is 216 g/mol. The summed E-state index contributed by atoms with van der Waals surface area (Å²) in [6.07, 6.45) is -0.490. The quantitative estimate of drug-likeness (QED) is 0.773. The molecule has 4 nitrogen and oxygen atoms in total. The number of anilines is 1. The second-order valence-electron chi connectivity index (χ2n) is 4.33. The molecule has 1 unspecified atom stereocenters. The van der Waals surface area contributed by atoms with Crippen LogP contribution in [0.3, 0.4) is 0 Å². The zero-order valence-corrected chi connectivity index (χ0v) is 10.8. The molecule has 0 aliphatic rings. The number of ether oxygens (including phenoxy) is 1. The molecule has 0 saturated carbocycles. The summed E-state index contributed by atoms with van der Waals surface area (Å²) in [7, 11) is 3.54. The van der Waals surface area contributed by atoms with Gasteiger partial charge in [0.2, 0.25) is 0 Å². The van der Waals surface area contributed by atoms with Crippen LogP contribution in [0.25, 0.3) is 0 Å². The van der Waals surface area contributed by atoms with Crippen LogP contribution in [0.4, 0.5) is 5.69 Å². The number of nitrogens with zero attached hydrogens (tertiary/aromatic N) is 1. The summed E-state index contributed by atoms with van der Waals surface area (Å²) in [5, 5.41) is 9.72. The lowest BCUT2D eigenvalue weighted by Gasteiger charge is -2.25. The van der Waals surface area contributed by atoms with E-state index in [1.807, 2.05) is 31.0 Å². The van der Waals surface area contributed by atoms with Crippen molar-refractivity contribution in [2.75, 3.05) is 32.2 Å². The Kier molecular flexibility index (Phi) is 5.41. The minimum absolute atomic E-state index is 0.341. The van der Waals surface area contributed by atoms with Crippen molar-refractivity contribution in [2.45, 2.75) is 19.6 Å². The molecule has 4 heteroatoms. The average molecular weight is 238 g/mol. The van der Waals surface area contributed by atoms with Gasteiger partial charge in [-0.2, -0.15) is 0 Å². The highest BCUT2D eigenvalue weighted by Crippen LogP contribution is 2.21. The molecule has 0 radical (unpaired) electrons. The minimum Gasteiger partial charge on any atom is -0.389 e. The van der Waals surface area contributed by atoms with E-state index in [4.69, 9.17) is 10.5 Å². The fraction of sp³-hybridized carbons (Fsp3) is 0.538. The van der Waals surface area contributed by atoms with Crippen LogP contribution >= 0.6 is 0 Å². The molecule has 0 saturated heterocycles. The number of hydrogen-bond acceptors (Lipinski definition) is 4. The smallest absolute Gasteiger partial charge is 0.0947 e. The topological polar surface area (TPSA) is 58.7 Å². The van der Waals surface area contributed by atoms with E-state index in [1.54, 1.807) is 7.11 Å². The van der Waals surface area contributed by atoms with E-state index in [1.165, 1.54) is 5.56 Å². The van der Waals surface area contributed by atoms with Crippen molar-refractivity contribution >= 4 is 5.69 Å². The molecule has 1 atom stereocenters. The number of nitrogens with two attached hydrogens (primary N) is 1. The Morgan fingerprint density at radius 3 is 2.76 bits per heavy atom. The molecule has 17 heavy (non-hydrogen) atoms. The van der Waals surface area contributed by atoms with Crippen LogP contribution in [-0.2, 0) is 11.3 Å². The second-order valence-corrected chi connectivity index (χ2v) is 4.33. The van der Waals surface area contributed by atoms with E-state index in [-0.39, 0.29) is 0 Å². The largest absolute Gasteiger partial charge is 0.389 e. The van der Waals surface area contributed by atoms with Crippen molar-refractivity contribution in [1.82, 2.24) is 0 Å². The summed E-state index contributed by atoms with van der Waals surface area (Å²) in [6.45, 7) is 3.42. The maximum Gasteiger partial charge on any atom is 0.0947 e. The zero-order chi connectivity index (χ0) is 12.8. The van der Waals surface area contributed by atoms with Crippen LogP contribution in [0.1, 0.15) is 11.1 Å². The van der Waals surface area contributed by atoms with Crippen LogP contribution in [0.5, 0.6) is 0 Å². The van der Waals surface area contributed by atoms with Crippen LogP contribution in [0.15, 0.2) is 18.2 Å². The Labute approximate surface area is 103 Å². The fourth-order valence-electron chi connectivity index (χ4n) is 1.86. The molecule has 0 bridgehead atoms. The van der Waals surface area contributed by atoms with Crippen LogP contribution in [0.2, 0.25) is 0 Å². The van der Waals surface area contributed by atoms with Crippen LogP contribution in [-0.4, -0.2) is 38.5 Å². The number of aliphatic hydroxyl groups excluding tert-OH is 1. The van der Waals surface area contributed by atoms with E-state index in [0.717, 1.165) is 11.3 Å². The van der Waals surface area contributed by atoms with Gasteiger partial charge in [-0.25, -0.2) is 0 Å². The number of aliphatic hydroxyl groups is 1. The number of hydrogen-bond donors (Lipinski definition) is 2. The Morgan fingerprint density at radius 1 is 1.47 bits per heavy atom. The van der Waals surface area contributed by atoms with E-state index < -0.39 is 6.10 Å². The van der Waals surface area contributed by atoms with E-state index in [9.17, 15) is 5.11 Å². The molecule has 0 amide bonds. The van der Waals surface area contributed by atoms with E-state index in [2.05, 4.69) is 6.07 Å². The summed E-state index contributed by atoms with van der Waals surface area (Å²) in [5.74, 6) is 0. The van der Waals surface area contributed by atoms with Crippen molar-refractivity contribution in [3.05, 3.63) is 29.3 Å². The first-order chi connectivity index (χ1) is 8.08. The first-order valence-electron chi connectivity index (χ1n) is 5.76. The van der Waals surface area contributed by atoms with Crippen molar-refractivity contribution in [1.29, 1.82) is 0 Å². The Balaban J connectivity index is 2.79. The predicted octanol–water partition coefficient (Wildman–Crippen LogP) is 0.897. The lowest BCUT2D eigenvalue weighted by Crippen LogP contribution is -2.32. The summed E-state index contributed by atoms with van der Waals surface area (Å²) in [6, 6.07) is 6.16. The summed E-state index contributed by atoms with van der Waals surface area (Å²) in [4.78, 5) is 2.01. The van der Waals surface area contributed by atoms with E-state index >= 15 is 0 Å². The highest BCUT2D eigenvalue weighted by atomic mass is 16.5. The molecule has 0 aromatic heterocycles. The van der Waals surface area contributed by atoms with Gasteiger partial charge in [0.15, 0.2) is 0 Å².